The molecule has 162 valence electrons. The molecule has 3 aromatic rings. The van der Waals surface area contributed by atoms with Crippen LogP contribution in [0.2, 0.25) is 0 Å². The minimum atomic E-state index is -0.405. The molecule has 0 fully saturated rings. The molecule has 1 aliphatic rings. The van der Waals surface area contributed by atoms with Crippen molar-refractivity contribution in [2.45, 2.75) is 27.7 Å². The quantitative estimate of drug-likeness (QED) is 0.536. The highest BCUT2D eigenvalue weighted by Crippen LogP contribution is 2.38. The Labute approximate surface area is 188 Å². The summed E-state index contributed by atoms with van der Waals surface area (Å²) in [5.74, 6) is -0.283. The minimum Gasteiger partial charge on any atom is -0.492 e. The Morgan fingerprint density at radius 3 is 2.22 bits per heavy atom. The number of nitrogens with one attached hydrogen (secondary N) is 1. The molecule has 1 N–H and O–H groups in total. The molecular formula is C27H26N2O3. The van der Waals surface area contributed by atoms with Gasteiger partial charge in [0.1, 0.15) is 11.4 Å². The molecule has 0 saturated carbocycles. The Kier molecular flexibility index (Phi) is 5.82. The van der Waals surface area contributed by atoms with E-state index in [-0.39, 0.29) is 11.6 Å². The van der Waals surface area contributed by atoms with Crippen molar-refractivity contribution in [1.29, 1.82) is 0 Å². The van der Waals surface area contributed by atoms with Crippen molar-refractivity contribution in [3.8, 4) is 5.75 Å². The molecule has 1 aliphatic heterocycles. The Hall–Kier alpha value is -3.86. The van der Waals surface area contributed by atoms with Crippen molar-refractivity contribution in [1.82, 2.24) is 0 Å². The number of carbonyl (C=O) groups is 2. The first kappa shape index (κ1) is 21.4. The molecule has 0 bridgehead atoms. The van der Waals surface area contributed by atoms with Gasteiger partial charge in [0.2, 0.25) is 0 Å². The van der Waals surface area contributed by atoms with E-state index in [0.717, 1.165) is 27.9 Å². The van der Waals surface area contributed by atoms with Gasteiger partial charge in [-0.1, -0.05) is 53.6 Å². The maximum absolute atomic E-state index is 13.7. The number of hydrogen-bond acceptors (Lipinski definition) is 4. The maximum atomic E-state index is 13.7. The van der Waals surface area contributed by atoms with E-state index < -0.39 is 5.91 Å². The number of carbonyl (C=O) groups excluding carboxylic acids is 2. The molecule has 5 nitrogen and oxygen atoms in total. The van der Waals surface area contributed by atoms with Gasteiger partial charge in [-0.3, -0.25) is 9.59 Å². The minimum absolute atomic E-state index is 0.261. The van der Waals surface area contributed by atoms with Gasteiger partial charge < -0.3 is 10.1 Å². The lowest BCUT2D eigenvalue weighted by atomic mass is 9.97. The summed E-state index contributed by atoms with van der Waals surface area (Å²) in [6, 6.07) is 20.7. The molecule has 2 amide bonds. The van der Waals surface area contributed by atoms with Gasteiger partial charge in [0.15, 0.2) is 0 Å². The average molecular weight is 427 g/mol. The van der Waals surface area contributed by atoms with E-state index in [2.05, 4.69) is 5.32 Å². The lowest BCUT2D eigenvalue weighted by molar-refractivity contribution is -0.120. The molecule has 3 aromatic carbocycles. The standard InChI is InChI=1S/C27H26N2O3/c1-5-32-23-9-7-6-8-22(23)29-26(30)24(21-15-12-18(3)16-19(21)4)25(27(29)31)28-20-13-10-17(2)11-14-20/h6-16,28H,5H2,1-4H3. The third kappa shape index (κ3) is 3.89. The number of anilines is 2. The van der Waals surface area contributed by atoms with E-state index in [1.807, 2.05) is 76.2 Å². The van der Waals surface area contributed by atoms with Gasteiger partial charge >= 0.3 is 0 Å². The molecule has 5 heteroatoms. The number of benzene rings is 3. The van der Waals surface area contributed by atoms with Crippen molar-refractivity contribution >= 4 is 28.8 Å². The fourth-order valence-corrected chi connectivity index (χ4v) is 3.91. The highest BCUT2D eigenvalue weighted by molar-refractivity contribution is 6.46. The van der Waals surface area contributed by atoms with Crippen molar-refractivity contribution in [3.05, 3.63) is 94.7 Å². The van der Waals surface area contributed by atoms with Gasteiger partial charge in [-0.25, -0.2) is 4.90 Å². The fourth-order valence-electron chi connectivity index (χ4n) is 3.91. The molecule has 32 heavy (non-hydrogen) atoms. The van der Waals surface area contributed by atoms with E-state index in [1.54, 1.807) is 18.2 Å². The molecular weight excluding hydrogens is 400 g/mol. The van der Waals surface area contributed by atoms with Crippen LogP contribution in [-0.2, 0) is 9.59 Å². The number of para-hydroxylation sites is 2. The number of ether oxygens (including phenoxy) is 1. The van der Waals surface area contributed by atoms with Crippen molar-refractivity contribution in [3.63, 3.8) is 0 Å². The van der Waals surface area contributed by atoms with Crippen LogP contribution in [0.5, 0.6) is 5.75 Å². The van der Waals surface area contributed by atoms with E-state index in [0.29, 0.717) is 23.6 Å². The number of hydrogen-bond donors (Lipinski definition) is 1. The van der Waals surface area contributed by atoms with Gasteiger partial charge in [-0.05, 0) is 63.1 Å². The smallest absolute Gasteiger partial charge is 0.282 e. The third-order valence-electron chi connectivity index (χ3n) is 5.46. The number of nitrogens with zero attached hydrogens (tertiary/aromatic N) is 1. The van der Waals surface area contributed by atoms with Crippen LogP contribution in [0.4, 0.5) is 11.4 Å². The van der Waals surface area contributed by atoms with E-state index in [9.17, 15) is 9.59 Å². The zero-order valence-electron chi connectivity index (χ0n) is 18.7. The van der Waals surface area contributed by atoms with E-state index >= 15 is 0 Å². The van der Waals surface area contributed by atoms with Crippen LogP contribution in [0.25, 0.3) is 5.57 Å². The Bertz CT molecular complexity index is 1230. The summed E-state index contributed by atoms with van der Waals surface area (Å²) in [7, 11) is 0. The van der Waals surface area contributed by atoms with Crippen LogP contribution < -0.4 is 15.0 Å². The van der Waals surface area contributed by atoms with Crippen LogP contribution in [-0.4, -0.2) is 18.4 Å². The topological polar surface area (TPSA) is 58.6 Å². The molecule has 0 radical (unpaired) electrons. The van der Waals surface area contributed by atoms with Crippen LogP contribution >= 0.6 is 0 Å². The molecule has 4 rings (SSSR count). The molecule has 0 atom stereocenters. The summed E-state index contributed by atoms with van der Waals surface area (Å²) in [5, 5.41) is 3.22. The van der Waals surface area contributed by atoms with E-state index in [4.69, 9.17) is 4.74 Å². The van der Waals surface area contributed by atoms with Crippen molar-refractivity contribution in [2.24, 2.45) is 0 Å². The predicted octanol–water partition coefficient (Wildman–Crippen LogP) is 5.41. The lowest BCUT2D eigenvalue weighted by Gasteiger charge is -2.19. The predicted molar refractivity (Wildman–Crippen MR) is 128 cm³/mol. The number of rotatable bonds is 6. The largest absolute Gasteiger partial charge is 0.492 e. The first-order valence-electron chi connectivity index (χ1n) is 10.7. The second-order valence-corrected chi connectivity index (χ2v) is 7.91. The van der Waals surface area contributed by atoms with Gasteiger partial charge in [-0.15, -0.1) is 0 Å². The molecule has 1 heterocycles. The Balaban J connectivity index is 1.86. The van der Waals surface area contributed by atoms with Gasteiger partial charge in [0, 0.05) is 5.69 Å². The molecule has 0 spiro atoms. The number of aryl methyl sites for hydroxylation is 3. The Morgan fingerprint density at radius 2 is 1.53 bits per heavy atom. The summed E-state index contributed by atoms with van der Waals surface area (Å²) >= 11 is 0. The summed E-state index contributed by atoms with van der Waals surface area (Å²) < 4.78 is 5.71. The first-order valence-corrected chi connectivity index (χ1v) is 10.7. The van der Waals surface area contributed by atoms with Crippen molar-refractivity contribution < 1.29 is 14.3 Å². The normalized spacial score (nSPS) is 13.7. The van der Waals surface area contributed by atoms with Crippen LogP contribution in [0.1, 0.15) is 29.2 Å². The zero-order chi connectivity index (χ0) is 22.8. The molecule has 0 unspecified atom stereocenters. The summed E-state index contributed by atoms with van der Waals surface area (Å²) in [6.45, 7) is 8.25. The average Bonchev–Trinajstić information content (AvgIpc) is 3.00. The third-order valence-corrected chi connectivity index (χ3v) is 5.46. The second-order valence-electron chi connectivity index (χ2n) is 7.91. The summed E-state index contributed by atoms with van der Waals surface area (Å²) in [5.41, 5.74) is 5.68. The highest BCUT2D eigenvalue weighted by Gasteiger charge is 2.41. The van der Waals surface area contributed by atoms with Crippen LogP contribution in [0, 0.1) is 20.8 Å². The van der Waals surface area contributed by atoms with E-state index in [1.165, 1.54) is 4.90 Å². The molecule has 0 saturated heterocycles. The first-order chi connectivity index (χ1) is 15.4. The maximum Gasteiger partial charge on any atom is 0.282 e. The number of amides is 2. The van der Waals surface area contributed by atoms with Crippen molar-refractivity contribution in [2.75, 3.05) is 16.8 Å². The summed E-state index contributed by atoms with van der Waals surface area (Å²) in [4.78, 5) is 28.6. The SMILES string of the molecule is CCOc1ccccc1N1C(=O)C(Nc2ccc(C)cc2)=C(c2ccc(C)cc2C)C1=O. The van der Waals surface area contributed by atoms with Gasteiger partial charge in [0.05, 0.1) is 17.9 Å². The second kappa shape index (κ2) is 8.71. The zero-order valence-corrected chi connectivity index (χ0v) is 18.7. The van der Waals surface area contributed by atoms with Crippen LogP contribution in [0.15, 0.2) is 72.4 Å². The number of imide groups is 1. The fraction of sp³-hybridized carbons (Fsp3) is 0.185. The molecule has 0 aromatic heterocycles. The monoisotopic (exact) mass is 426 g/mol. The van der Waals surface area contributed by atoms with Gasteiger partial charge in [-0.2, -0.15) is 0 Å². The lowest BCUT2D eigenvalue weighted by Crippen LogP contribution is -2.32. The summed E-state index contributed by atoms with van der Waals surface area (Å²) in [6.07, 6.45) is 0. The van der Waals surface area contributed by atoms with Crippen LogP contribution in [0.3, 0.4) is 0 Å². The molecule has 0 aliphatic carbocycles. The Morgan fingerprint density at radius 1 is 0.844 bits per heavy atom. The highest BCUT2D eigenvalue weighted by atomic mass is 16.5. The van der Waals surface area contributed by atoms with Gasteiger partial charge in [0.25, 0.3) is 11.8 Å².